The lowest BCUT2D eigenvalue weighted by Gasteiger charge is -1.99. The molecule has 3 nitrogen and oxygen atoms in total. The average molecular weight is 202 g/mol. The van der Waals surface area contributed by atoms with Crippen molar-refractivity contribution in [3.63, 3.8) is 0 Å². The highest BCUT2D eigenvalue weighted by Gasteiger charge is 2.04. The van der Waals surface area contributed by atoms with Crippen LogP contribution >= 0.6 is 0 Å². The third-order valence-electron chi connectivity index (χ3n) is 2.65. The summed E-state index contributed by atoms with van der Waals surface area (Å²) in [5.41, 5.74) is 3.38. The number of aromatic nitrogens is 2. The molecule has 2 rings (SSSR count). The highest BCUT2D eigenvalue weighted by molar-refractivity contribution is 5.82. The Morgan fingerprint density at radius 2 is 2.27 bits per heavy atom. The van der Waals surface area contributed by atoms with Crippen LogP contribution in [0.4, 0.5) is 0 Å². The minimum atomic E-state index is 0.586. The Bertz CT molecular complexity index is 500. The molecule has 0 saturated heterocycles. The van der Waals surface area contributed by atoms with Gasteiger partial charge in [0.15, 0.2) is 0 Å². The van der Waals surface area contributed by atoms with Gasteiger partial charge in [0.25, 0.3) is 0 Å². The van der Waals surface area contributed by atoms with Crippen molar-refractivity contribution in [3.8, 4) is 0 Å². The predicted molar refractivity (Wildman–Crippen MR) is 59.8 cm³/mol. The molecule has 0 spiro atoms. The SMILES string of the molecule is Cc1nn(C)c2cc(CCC=O)ccc12. The Hall–Kier alpha value is -1.64. The van der Waals surface area contributed by atoms with Gasteiger partial charge in [-0.2, -0.15) is 5.10 Å². The molecule has 0 amide bonds. The number of aryl methyl sites for hydroxylation is 3. The molecule has 1 heterocycles. The van der Waals surface area contributed by atoms with E-state index in [-0.39, 0.29) is 0 Å². The second-order valence-corrected chi connectivity index (χ2v) is 3.77. The molecule has 1 aromatic carbocycles. The largest absolute Gasteiger partial charge is 0.303 e. The second kappa shape index (κ2) is 3.85. The lowest BCUT2D eigenvalue weighted by molar-refractivity contribution is -0.107. The summed E-state index contributed by atoms with van der Waals surface area (Å²) < 4.78 is 1.88. The van der Waals surface area contributed by atoms with E-state index < -0.39 is 0 Å². The molecule has 15 heavy (non-hydrogen) atoms. The number of nitrogens with zero attached hydrogens (tertiary/aromatic N) is 2. The molecule has 0 aliphatic heterocycles. The predicted octanol–water partition coefficient (Wildman–Crippen LogP) is 2.01. The molecule has 0 radical (unpaired) electrons. The van der Waals surface area contributed by atoms with Gasteiger partial charge in [0.1, 0.15) is 6.29 Å². The van der Waals surface area contributed by atoms with Gasteiger partial charge in [-0.15, -0.1) is 0 Å². The number of rotatable bonds is 3. The van der Waals surface area contributed by atoms with Crippen LogP contribution in [0.5, 0.6) is 0 Å². The summed E-state index contributed by atoms with van der Waals surface area (Å²) >= 11 is 0. The zero-order valence-corrected chi connectivity index (χ0v) is 9.03. The first-order valence-corrected chi connectivity index (χ1v) is 5.08. The lowest BCUT2D eigenvalue weighted by atomic mass is 10.1. The van der Waals surface area contributed by atoms with E-state index in [1.165, 1.54) is 10.9 Å². The van der Waals surface area contributed by atoms with Gasteiger partial charge < -0.3 is 4.79 Å². The Labute approximate surface area is 88.7 Å². The normalized spacial score (nSPS) is 10.8. The van der Waals surface area contributed by atoms with Crippen molar-refractivity contribution in [1.29, 1.82) is 0 Å². The van der Waals surface area contributed by atoms with Crippen molar-refractivity contribution in [3.05, 3.63) is 29.5 Å². The summed E-state index contributed by atoms with van der Waals surface area (Å²) in [6, 6.07) is 6.26. The molecule has 2 aromatic rings. The first-order chi connectivity index (χ1) is 7.22. The molecule has 3 heteroatoms. The highest BCUT2D eigenvalue weighted by Crippen LogP contribution is 2.19. The molecule has 0 N–H and O–H groups in total. The van der Waals surface area contributed by atoms with Gasteiger partial charge in [-0.1, -0.05) is 12.1 Å². The van der Waals surface area contributed by atoms with Crippen molar-refractivity contribution in [2.75, 3.05) is 0 Å². The summed E-state index contributed by atoms with van der Waals surface area (Å²) in [6.45, 7) is 2.01. The number of carbonyl (C=O) groups is 1. The summed E-state index contributed by atoms with van der Waals surface area (Å²) in [5, 5.41) is 5.55. The topological polar surface area (TPSA) is 34.9 Å². The van der Waals surface area contributed by atoms with Crippen LogP contribution in [0.15, 0.2) is 18.2 Å². The summed E-state index contributed by atoms with van der Waals surface area (Å²) in [5.74, 6) is 0. The number of carbonyl (C=O) groups excluding carboxylic acids is 1. The van der Waals surface area contributed by atoms with Crippen LogP contribution in [0.2, 0.25) is 0 Å². The smallest absolute Gasteiger partial charge is 0.120 e. The fourth-order valence-corrected chi connectivity index (χ4v) is 1.86. The van der Waals surface area contributed by atoms with Gasteiger partial charge in [0, 0.05) is 18.9 Å². The maximum atomic E-state index is 10.3. The van der Waals surface area contributed by atoms with Crippen molar-refractivity contribution < 1.29 is 4.79 Å². The lowest BCUT2D eigenvalue weighted by Crippen LogP contribution is -1.91. The Morgan fingerprint density at radius 1 is 1.47 bits per heavy atom. The fraction of sp³-hybridized carbons (Fsp3) is 0.333. The van der Waals surface area contributed by atoms with E-state index >= 15 is 0 Å². The molecule has 0 aliphatic rings. The van der Waals surface area contributed by atoms with E-state index in [2.05, 4.69) is 23.3 Å². The molecule has 0 saturated carbocycles. The maximum Gasteiger partial charge on any atom is 0.120 e. The van der Waals surface area contributed by atoms with Crippen LogP contribution in [0.3, 0.4) is 0 Å². The summed E-state index contributed by atoms with van der Waals surface area (Å²) in [4.78, 5) is 10.3. The third-order valence-corrected chi connectivity index (χ3v) is 2.65. The van der Waals surface area contributed by atoms with Crippen molar-refractivity contribution in [2.24, 2.45) is 7.05 Å². The fourth-order valence-electron chi connectivity index (χ4n) is 1.86. The minimum absolute atomic E-state index is 0.586. The molecule has 1 aromatic heterocycles. The van der Waals surface area contributed by atoms with Crippen LogP contribution in [-0.4, -0.2) is 16.1 Å². The Morgan fingerprint density at radius 3 is 3.00 bits per heavy atom. The minimum Gasteiger partial charge on any atom is -0.303 e. The summed E-state index contributed by atoms with van der Waals surface area (Å²) in [7, 11) is 1.94. The van der Waals surface area contributed by atoms with E-state index in [4.69, 9.17) is 0 Å². The van der Waals surface area contributed by atoms with Crippen LogP contribution < -0.4 is 0 Å². The van der Waals surface area contributed by atoms with Gasteiger partial charge in [-0.05, 0) is 25.0 Å². The highest BCUT2D eigenvalue weighted by atomic mass is 16.1. The summed E-state index contributed by atoms with van der Waals surface area (Å²) in [6.07, 6.45) is 2.35. The first kappa shape index (κ1) is 9.90. The molecule has 0 atom stereocenters. The third kappa shape index (κ3) is 1.77. The average Bonchev–Trinajstić information content (AvgIpc) is 2.52. The number of hydrogen-bond donors (Lipinski definition) is 0. The molecule has 78 valence electrons. The van der Waals surface area contributed by atoms with Crippen LogP contribution in [-0.2, 0) is 18.3 Å². The van der Waals surface area contributed by atoms with E-state index in [0.29, 0.717) is 6.42 Å². The van der Waals surface area contributed by atoms with Gasteiger partial charge in [-0.3, -0.25) is 4.68 Å². The number of hydrogen-bond acceptors (Lipinski definition) is 2. The maximum absolute atomic E-state index is 10.3. The van der Waals surface area contributed by atoms with Crippen LogP contribution in [0.1, 0.15) is 17.7 Å². The van der Waals surface area contributed by atoms with Crippen LogP contribution in [0, 0.1) is 6.92 Å². The van der Waals surface area contributed by atoms with Gasteiger partial charge in [0.2, 0.25) is 0 Å². The molecule has 0 bridgehead atoms. The van der Waals surface area contributed by atoms with E-state index in [1.807, 2.05) is 18.7 Å². The molecular formula is C12H14N2O. The zero-order valence-electron chi connectivity index (χ0n) is 9.03. The zero-order chi connectivity index (χ0) is 10.8. The number of fused-ring (bicyclic) bond motifs is 1. The second-order valence-electron chi connectivity index (χ2n) is 3.77. The Balaban J connectivity index is 2.45. The van der Waals surface area contributed by atoms with Crippen molar-refractivity contribution in [2.45, 2.75) is 19.8 Å². The monoisotopic (exact) mass is 202 g/mol. The molecule has 0 fully saturated rings. The van der Waals surface area contributed by atoms with Crippen molar-refractivity contribution >= 4 is 17.2 Å². The van der Waals surface area contributed by atoms with Gasteiger partial charge >= 0.3 is 0 Å². The number of benzene rings is 1. The Kier molecular flexibility index (Phi) is 2.54. The quantitative estimate of drug-likeness (QED) is 0.714. The number of aldehydes is 1. The molecule has 0 aliphatic carbocycles. The van der Waals surface area contributed by atoms with Gasteiger partial charge in [-0.25, -0.2) is 0 Å². The van der Waals surface area contributed by atoms with E-state index in [1.54, 1.807) is 0 Å². The first-order valence-electron chi connectivity index (χ1n) is 5.08. The van der Waals surface area contributed by atoms with Crippen molar-refractivity contribution in [1.82, 2.24) is 9.78 Å². The standard InChI is InChI=1S/C12H14N2O/c1-9-11-6-5-10(4-3-7-15)8-12(11)14(2)13-9/h5-8H,3-4H2,1-2H3. The van der Waals surface area contributed by atoms with E-state index in [9.17, 15) is 4.79 Å². The van der Waals surface area contributed by atoms with Crippen LogP contribution in [0.25, 0.3) is 10.9 Å². The molecule has 0 unspecified atom stereocenters. The van der Waals surface area contributed by atoms with Gasteiger partial charge in [0.05, 0.1) is 11.2 Å². The molecular weight excluding hydrogens is 188 g/mol. The van der Waals surface area contributed by atoms with E-state index in [0.717, 1.165) is 23.9 Å².